The number of carbonyl (C=O) groups is 1. The van der Waals surface area contributed by atoms with Gasteiger partial charge in [0.05, 0.1) is 5.56 Å². The molecule has 0 aliphatic rings. The molecule has 0 spiro atoms. The Morgan fingerprint density at radius 2 is 2.12 bits per heavy atom. The van der Waals surface area contributed by atoms with Crippen LogP contribution in [0.2, 0.25) is 0 Å². The van der Waals surface area contributed by atoms with Gasteiger partial charge in [-0.25, -0.2) is 4.39 Å². The van der Waals surface area contributed by atoms with Crippen LogP contribution >= 0.6 is 0 Å². The zero-order valence-electron chi connectivity index (χ0n) is 8.92. The summed E-state index contributed by atoms with van der Waals surface area (Å²) in [7, 11) is 0. The molecule has 0 amide bonds. The van der Waals surface area contributed by atoms with Crippen molar-refractivity contribution in [2.75, 3.05) is 0 Å². The summed E-state index contributed by atoms with van der Waals surface area (Å²) in [5, 5.41) is 16.0. The maximum Gasteiger partial charge on any atom is 0.315 e. The molecule has 0 saturated heterocycles. The van der Waals surface area contributed by atoms with E-state index in [1.54, 1.807) is 6.07 Å². The van der Waals surface area contributed by atoms with Gasteiger partial charge in [0.25, 0.3) is 5.89 Å². The maximum atomic E-state index is 13.4. The first-order valence-corrected chi connectivity index (χ1v) is 4.90. The molecule has 1 heterocycles. The maximum absolute atomic E-state index is 13.4. The van der Waals surface area contributed by atoms with E-state index in [2.05, 4.69) is 10.2 Å². The smallest absolute Gasteiger partial charge is 0.315 e. The van der Waals surface area contributed by atoms with Crippen molar-refractivity contribution in [1.29, 1.82) is 0 Å². The van der Waals surface area contributed by atoms with Crippen molar-refractivity contribution in [2.24, 2.45) is 0 Å². The standard InChI is InChI=1S/C11H9FN2O3/c1-6(11(15)16)9-13-14-10(17-9)7-4-2-3-5-8(7)12/h2-6H,1H3,(H,15,16). The number of benzene rings is 1. The predicted molar refractivity (Wildman–Crippen MR) is 55.7 cm³/mol. The summed E-state index contributed by atoms with van der Waals surface area (Å²) in [6.45, 7) is 1.42. The van der Waals surface area contributed by atoms with Gasteiger partial charge in [-0.1, -0.05) is 12.1 Å². The highest BCUT2D eigenvalue weighted by molar-refractivity contribution is 5.74. The Morgan fingerprint density at radius 1 is 1.41 bits per heavy atom. The van der Waals surface area contributed by atoms with Crippen molar-refractivity contribution >= 4 is 5.97 Å². The molecule has 1 unspecified atom stereocenters. The number of aliphatic carboxylic acids is 1. The lowest BCUT2D eigenvalue weighted by molar-refractivity contribution is -0.138. The third kappa shape index (κ3) is 2.15. The summed E-state index contributed by atoms with van der Waals surface area (Å²) in [5.74, 6) is -2.55. The second-order valence-corrected chi connectivity index (χ2v) is 3.49. The van der Waals surface area contributed by atoms with Crippen LogP contribution in [0.4, 0.5) is 4.39 Å². The molecule has 0 aliphatic carbocycles. The molecule has 2 rings (SSSR count). The van der Waals surface area contributed by atoms with Gasteiger partial charge in [-0.15, -0.1) is 10.2 Å². The Morgan fingerprint density at radius 3 is 2.76 bits per heavy atom. The molecule has 1 aromatic heterocycles. The fourth-order valence-electron chi connectivity index (χ4n) is 1.26. The molecule has 1 atom stereocenters. The summed E-state index contributed by atoms with van der Waals surface area (Å²) < 4.78 is 18.5. The molecule has 0 saturated carbocycles. The monoisotopic (exact) mass is 236 g/mol. The Hall–Kier alpha value is -2.24. The molecule has 0 radical (unpaired) electrons. The van der Waals surface area contributed by atoms with Crippen LogP contribution in [0.1, 0.15) is 18.7 Å². The lowest BCUT2D eigenvalue weighted by Crippen LogP contribution is -2.07. The van der Waals surface area contributed by atoms with E-state index in [1.165, 1.54) is 25.1 Å². The number of hydrogen-bond acceptors (Lipinski definition) is 4. The Labute approximate surface area is 95.9 Å². The van der Waals surface area contributed by atoms with Gasteiger partial charge >= 0.3 is 5.97 Å². The number of carboxylic acid groups (broad SMARTS) is 1. The first kappa shape index (κ1) is 11.3. The molecule has 88 valence electrons. The molecular formula is C11H9FN2O3. The van der Waals surface area contributed by atoms with Crippen LogP contribution in [-0.2, 0) is 4.79 Å². The topological polar surface area (TPSA) is 76.2 Å². The normalized spacial score (nSPS) is 12.4. The molecular weight excluding hydrogens is 227 g/mol. The zero-order chi connectivity index (χ0) is 12.4. The minimum atomic E-state index is -1.08. The van der Waals surface area contributed by atoms with Crippen LogP contribution in [0, 0.1) is 5.82 Å². The molecule has 0 fully saturated rings. The Kier molecular flexibility index (Phi) is 2.86. The minimum Gasteiger partial charge on any atom is -0.481 e. The predicted octanol–water partition coefficient (Wildman–Crippen LogP) is 2.06. The van der Waals surface area contributed by atoms with Crippen molar-refractivity contribution in [3.05, 3.63) is 36.0 Å². The van der Waals surface area contributed by atoms with Gasteiger partial charge in [0.2, 0.25) is 5.89 Å². The number of halogens is 1. The zero-order valence-corrected chi connectivity index (χ0v) is 8.92. The van der Waals surface area contributed by atoms with Gasteiger partial charge in [-0.3, -0.25) is 4.79 Å². The highest BCUT2D eigenvalue weighted by Crippen LogP contribution is 2.23. The van der Waals surface area contributed by atoms with E-state index >= 15 is 0 Å². The van der Waals surface area contributed by atoms with E-state index in [0.29, 0.717) is 0 Å². The van der Waals surface area contributed by atoms with Crippen molar-refractivity contribution < 1.29 is 18.7 Å². The molecule has 1 aromatic carbocycles. The molecule has 5 nitrogen and oxygen atoms in total. The fourth-order valence-corrected chi connectivity index (χ4v) is 1.26. The van der Waals surface area contributed by atoms with E-state index < -0.39 is 17.7 Å². The molecule has 6 heteroatoms. The van der Waals surface area contributed by atoms with E-state index in [9.17, 15) is 9.18 Å². The van der Waals surface area contributed by atoms with Gasteiger partial charge < -0.3 is 9.52 Å². The average Bonchev–Trinajstić information content (AvgIpc) is 2.77. The number of aromatic nitrogens is 2. The van der Waals surface area contributed by atoms with Crippen LogP contribution in [-0.4, -0.2) is 21.3 Å². The van der Waals surface area contributed by atoms with Crippen LogP contribution in [0.25, 0.3) is 11.5 Å². The second-order valence-electron chi connectivity index (χ2n) is 3.49. The number of carboxylic acids is 1. The molecule has 1 N–H and O–H groups in total. The highest BCUT2D eigenvalue weighted by Gasteiger charge is 2.21. The van der Waals surface area contributed by atoms with E-state index in [-0.39, 0.29) is 17.3 Å². The van der Waals surface area contributed by atoms with Gasteiger partial charge in [0.1, 0.15) is 11.7 Å². The summed E-state index contributed by atoms with van der Waals surface area (Å²) in [4.78, 5) is 10.7. The van der Waals surface area contributed by atoms with Gasteiger partial charge in [0.15, 0.2) is 0 Å². The fraction of sp³-hybridized carbons (Fsp3) is 0.182. The summed E-state index contributed by atoms with van der Waals surface area (Å²) >= 11 is 0. The quantitative estimate of drug-likeness (QED) is 0.882. The van der Waals surface area contributed by atoms with Crippen molar-refractivity contribution in [3.8, 4) is 11.5 Å². The minimum absolute atomic E-state index is 0.0220. The summed E-state index contributed by atoms with van der Waals surface area (Å²) in [6.07, 6.45) is 0. The molecule has 2 aromatic rings. The van der Waals surface area contributed by atoms with Crippen molar-refractivity contribution in [2.45, 2.75) is 12.8 Å². The molecule has 0 aliphatic heterocycles. The van der Waals surface area contributed by atoms with Gasteiger partial charge in [0, 0.05) is 0 Å². The first-order valence-electron chi connectivity index (χ1n) is 4.90. The number of nitrogens with zero attached hydrogens (tertiary/aromatic N) is 2. The number of rotatable bonds is 3. The van der Waals surface area contributed by atoms with Crippen LogP contribution < -0.4 is 0 Å². The van der Waals surface area contributed by atoms with Gasteiger partial charge in [-0.2, -0.15) is 0 Å². The van der Waals surface area contributed by atoms with Crippen LogP contribution in [0.3, 0.4) is 0 Å². The van der Waals surface area contributed by atoms with Gasteiger partial charge in [-0.05, 0) is 19.1 Å². The third-order valence-corrected chi connectivity index (χ3v) is 2.29. The van der Waals surface area contributed by atoms with Crippen molar-refractivity contribution in [1.82, 2.24) is 10.2 Å². The molecule has 0 bridgehead atoms. The molecule has 17 heavy (non-hydrogen) atoms. The SMILES string of the molecule is CC(C(=O)O)c1nnc(-c2ccccc2F)o1. The Bertz CT molecular complexity index is 553. The average molecular weight is 236 g/mol. The summed E-state index contributed by atoms with van der Waals surface area (Å²) in [6, 6.07) is 5.91. The Balaban J connectivity index is 2.37. The van der Waals surface area contributed by atoms with Crippen LogP contribution in [0.5, 0.6) is 0 Å². The van der Waals surface area contributed by atoms with E-state index in [0.717, 1.165) is 0 Å². The lowest BCUT2D eigenvalue weighted by atomic mass is 10.2. The third-order valence-electron chi connectivity index (χ3n) is 2.29. The largest absolute Gasteiger partial charge is 0.481 e. The highest BCUT2D eigenvalue weighted by atomic mass is 19.1. The van der Waals surface area contributed by atoms with E-state index in [1.807, 2.05) is 0 Å². The van der Waals surface area contributed by atoms with E-state index in [4.69, 9.17) is 9.52 Å². The lowest BCUT2D eigenvalue weighted by Gasteiger charge is -1.98. The second kappa shape index (κ2) is 4.32. The van der Waals surface area contributed by atoms with Crippen molar-refractivity contribution in [3.63, 3.8) is 0 Å². The van der Waals surface area contributed by atoms with Crippen LogP contribution in [0.15, 0.2) is 28.7 Å². The summed E-state index contributed by atoms with van der Waals surface area (Å²) in [5.41, 5.74) is 0.156. The number of hydrogen-bond donors (Lipinski definition) is 1. The first-order chi connectivity index (χ1) is 8.09.